The standard InChI is InChI=1S/C9H14.H2S/c1-9(2)7-3-4-8(9)6-5-7;/h3-4,7-8H,5-6H2,1-2H3;1H2. The number of fused-ring (bicyclic) bond motifs is 2. The van der Waals surface area contributed by atoms with Gasteiger partial charge in [-0.1, -0.05) is 26.0 Å². The van der Waals surface area contributed by atoms with E-state index in [1.807, 2.05) is 0 Å². The van der Waals surface area contributed by atoms with E-state index >= 15 is 0 Å². The van der Waals surface area contributed by atoms with Crippen molar-refractivity contribution in [1.82, 2.24) is 0 Å². The number of hydrogen-bond acceptors (Lipinski definition) is 0. The lowest BCUT2D eigenvalue weighted by molar-refractivity contribution is 0.279. The molecule has 0 aromatic carbocycles. The lowest BCUT2D eigenvalue weighted by Gasteiger charge is -2.23. The van der Waals surface area contributed by atoms with Gasteiger partial charge >= 0.3 is 0 Å². The van der Waals surface area contributed by atoms with Gasteiger partial charge in [0.2, 0.25) is 0 Å². The van der Waals surface area contributed by atoms with Gasteiger partial charge in [-0.3, -0.25) is 0 Å². The minimum atomic E-state index is 0. The molecule has 1 heteroatoms. The summed E-state index contributed by atoms with van der Waals surface area (Å²) < 4.78 is 0. The highest BCUT2D eigenvalue weighted by Crippen LogP contribution is 2.53. The van der Waals surface area contributed by atoms with E-state index in [4.69, 9.17) is 0 Å². The van der Waals surface area contributed by atoms with Gasteiger partial charge in [-0.25, -0.2) is 0 Å². The van der Waals surface area contributed by atoms with Gasteiger partial charge in [-0.15, -0.1) is 0 Å². The van der Waals surface area contributed by atoms with Gasteiger partial charge in [0.05, 0.1) is 0 Å². The molecule has 10 heavy (non-hydrogen) atoms. The fourth-order valence-electron chi connectivity index (χ4n) is 2.33. The molecular weight excluding hydrogens is 140 g/mol. The van der Waals surface area contributed by atoms with E-state index < -0.39 is 0 Å². The summed E-state index contributed by atoms with van der Waals surface area (Å²) in [4.78, 5) is 0. The average molecular weight is 156 g/mol. The molecule has 2 aliphatic carbocycles. The van der Waals surface area contributed by atoms with E-state index in [0.717, 1.165) is 11.8 Å². The van der Waals surface area contributed by atoms with Crippen LogP contribution in [-0.4, -0.2) is 0 Å². The zero-order chi connectivity index (χ0) is 6.48. The number of rotatable bonds is 0. The van der Waals surface area contributed by atoms with Gasteiger partial charge in [0, 0.05) is 0 Å². The number of allylic oxidation sites excluding steroid dienone is 2. The van der Waals surface area contributed by atoms with E-state index in [-0.39, 0.29) is 13.5 Å². The third-order valence-corrected chi connectivity index (χ3v) is 3.28. The Bertz CT molecular complexity index is 142. The fraction of sp³-hybridized carbons (Fsp3) is 0.778. The molecule has 0 N–H and O–H groups in total. The first kappa shape index (κ1) is 8.19. The monoisotopic (exact) mass is 156 g/mol. The summed E-state index contributed by atoms with van der Waals surface area (Å²) in [5.41, 5.74) is 0.611. The van der Waals surface area contributed by atoms with Gasteiger partial charge < -0.3 is 0 Å². The van der Waals surface area contributed by atoms with Crippen LogP contribution in [0.4, 0.5) is 0 Å². The summed E-state index contributed by atoms with van der Waals surface area (Å²) >= 11 is 0. The Morgan fingerprint density at radius 3 is 1.60 bits per heavy atom. The molecule has 0 aliphatic heterocycles. The molecule has 1 saturated carbocycles. The highest BCUT2D eigenvalue weighted by molar-refractivity contribution is 7.59. The topological polar surface area (TPSA) is 0 Å². The molecule has 2 atom stereocenters. The summed E-state index contributed by atoms with van der Waals surface area (Å²) in [5.74, 6) is 1.81. The maximum atomic E-state index is 2.41. The van der Waals surface area contributed by atoms with E-state index in [1.54, 1.807) is 0 Å². The van der Waals surface area contributed by atoms with Gasteiger partial charge in [-0.2, -0.15) is 13.5 Å². The van der Waals surface area contributed by atoms with Crippen LogP contribution in [0.25, 0.3) is 0 Å². The van der Waals surface area contributed by atoms with Crippen LogP contribution in [0, 0.1) is 17.3 Å². The molecule has 2 aliphatic rings. The van der Waals surface area contributed by atoms with Crippen molar-refractivity contribution in [3.05, 3.63) is 12.2 Å². The van der Waals surface area contributed by atoms with Crippen molar-refractivity contribution in [1.29, 1.82) is 0 Å². The van der Waals surface area contributed by atoms with Gasteiger partial charge in [0.25, 0.3) is 0 Å². The second kappa shape index (κ2) is 2.30. The Morgan fingerprint density at radius 1 is 1.10 bits per heavy atom. The Morgan fingerprint density at radius 2 is 1.50 bits per heavy atom. The molecule has 2 unspecified atom stereocenters. The second-order valence-electron chi connectivity index (χ2n) is 4.00. The summed E-state index contributed by atoms with van der Waals surface area (Å²) in [7, 11) is 0. The van der Waals surface area contributed by atoms with E-state index in [9.17, 15) is 0 Å². The van der Waals surface area contributed by atoms with Gasteiger partial charge in [0.15, 0.2) is 0 Å². The van der Waals surface area contributed by atoms with Crippen molar-refractivity contribution in [3.8, 4) is 0 Å². The quantitative estimate of drug-likeness (QED) is 0.473. The highest BCUT2D eigenvalue weighted by atomic mass is 32.1. The van der Waals surface area contributed by atoms with Crippen molar-refractivity contribution < 1.29 is 0 Å². The van der Waals surface area contributed by atoms with Crippen LogP contribution in [0.15, 0.2) is 12.2 Å². The largest absolute Gasteiger partial charge is 0.197 e. The Kier molecular flexibility index (Phi) is 1.88. The van der Waals surface area contributed by atoms with E-state index in [2.05, 4.69) is 26.0 Å². The SMILES string of the molecule is CC1(C)C2C=CC1CC2.S. The Labute approximate surface area is 70.2 Å². The zero-order valence-corrected chi connectivity index (χ0v) is 7.72. The molecule has 2 rings (SSSR count). The molecule has 0 radical (unpaired) electrons. The van der Waals surface area contributed by atoms with Gasteiger partial charge in [-0.05, 0) is 30.1 Å². The van der Waals surface area contributed by atoms with Crippen molar-refractivity contribution in [2.45, 2.75) is 26.7 Å². The normalized spacial score (nSPS) is 39.8. The molecule has 0 aromatic heterocycles. The third kappa shape index (κ3) is 0.833. The van der Waals surface area contributed by atoms with Gasteiger partial charge in [0.1, 0.15) is 0 Å². The van der Waals surface area contributed by atoms with Crippen LogP contribution in [0.2, 0.25) is 0 Å². The maximum Gasteiger partial charge on any atom is -0.0176 e. The number of hydrogen-bond donors (Lipinski definition) is 0. The van der Waals surface area contributed by atoms with E-state index in [1.165, 1.54) is 12.8 Å². The first-order valence-corrected chi connectivity index (χ1v) is 3.89. The molecule has 0 amide bonds. The van der Waals surface area contributed by atoms with Crippen molar-refractivity contribution in [2.75, 3.05) is 0 Å². The molecule has 0 aromatic rings. The van der Waals surface area contributed by atoms with Crippen LogP contribution >= 0.6 is 13.5 Å². The molecule has 0 spiro atoms. The Hall–Kier alpha value is 0.0900. The van der Waals surface area contributed by atoms with Crippen LogP contribution < -0.4 is 0 Å². The molecule has 2 bridgehead atoms. The zero-order valence-electron chi connectivity index (χ0n) is 6.72. The predicted octanol–water partition coefficient (Wildman–Crippen LogP) is 2.72. The van der Waals surface area contributed by atoms with Crippen molar-refractivity contribution in [2.24, 2.45) is 17.3 Å². The minimum absolute atomic E-state index is 0. The molecule has 0 heterocycles. The van der Waals surface area contributed by atoms with Crippen LogP contribution in [0.3, 0.4) is 0 Å². The second-order valence-corrected chi connectivity index (χ2v) is 4.00. The lowest BCUT2D eigenvalue weighted by atomic mass is 9.81. The van der Waals surface area contributed by atoms with Crippen molar-refractivity contribution >= 4 is 13.5 Å². The lowest BCUT2D eigenvalue weighted by Crippen LogP contribution is -2.17. The molecule has 0 saturated heterocycles. The Balaban J connectivity index is 0.000000500. The summed E-state index contributed by atoms with van der Waals surface area (Å²) in [6.07, 6.45) is 7.70. The summed E-state index contributed by atoms with van der Waals surface area (Å²) in [6, 6.07) is 0. The van der Waals surface area contributed by atoms with Crippen LogP contribution in [-0.2, 0) is 0 Å². The third-order valence-electron chi connectivity index (χ3n) is 3.28. The minimum Gasteiger partial charge on any atom is -0.197 e. The molecule has 1 fully saturated rings. The predicted molar refractivity (Wildman–Crippen MR) is 49.5 cm³/mol. The van der Waals surface area contributed by atoms with Crippen LogP contribution in [0.1, 0.15) is 26.7 Å². The fourth-order valence-corrected chi connectivity index (χ4v) is 2.33. The van der Waals surface area contributed by atoms with Crippen molar-refractivity contribution in [3.63, 3.8) is 0 Å². The first-order valence-electron chi connectivity index (χ1n) is 3.89. The molecule has 0 nitrogen and oxygen atoms in total. The van der Waals surface area contributed by atoms with E-state index in [0.29, 0.717) is 5.41 Å². The first-order chi connectivity index (χ1) is 4.21. The average Bonchev–Trinajstić information content (AvgIpc) is 2.24. The van der Waals surface area contributed by atoms with Crippen LogP contribution in [0.5, 0.6) is 0 Å². The maximum absolute atomic E-state index is 2.41. The molecule has 58 valence electrons. The highest BCUT2D eigenvalue weighted by Gasteiger charge is 2.43. The smallest absolute Gasteiger partial charge is 0.0176 e. The summed E-state index contributed by atoms with van der Waals surface area (Å²) in [6.45, 7) is 4.80. The summed E-state index contributed by atoms with van der Waals surface area (Å²) in [5, 5.41) is 0. The molecular formula is C9H16S.